The van der Waals surface area contributed by atoms with Gasteiger partial charge in [0, 0.05) is 29.8 Å². The lowest BCUT2D eigenvalue weighted by atomic mass is 9.44. The highest BCUT2D eigenvalue weighted by molar-refractivity contribution is 6.31. The van der Waals surface area contributed by atoms with Gasteiger partial charge in [-0.05, 0) is 53.0 Å². The van der Waals surface area contributed by atoms with Gasteiger partial charge in [-0.15, -0.1) is 0 Å². The van der Waals surface area contributed by atoms with E-state index in [4.69, 9.17) is 0 Å². The first-order chi connectivity index (χ1) is 21.8. The molecule has 3 aliphatic carbocycles. The third-order valence-corrected chi connectivity index (χ3v) is 10.8. The fourth-order valence-electron chi connectivity index (χ4n) is 8.93. The molecular formula is C39H31NO5. The second-order valence-corrected chi connectivity index (χ2v) is 12.7. The van der Waals surface area contributed by atoms with E-state index in [0.29, 0.717) is 22.9 Å². The molecule has 1 N–H and O–H groups in total. The Labute approximate surface area is 260 Å². The number of hydrogen-bond donors (Lipinski definition) is 1. The van der Waals surface area contributed by atoms with Crippen LogP contribution in [0, 0.1) is 23.7 Å². The number of aromatic hydroxyl groups is 1. The molecule has 6 heteroatoms. The predicted molar refractivity (Wildman–Crippen MR) is 170 cm³/mol. The van der Waals surface area contributed by atoms with E-state index in [9.17, 15) is 19.5 Å². The maximum absolute atomic E-state index is 15.1. The van der Waals surface area contributed by atoms with E-state index in [1.807, 2.05) is 91.0 Å². The van der Waals surface area contributed by atoms with Gasteiger partial charge in [-0.2, -0.15) is 0 Å². The Kier molecular flexibility index (Phi) is 6.08. The SMILES string of the molecule is CN1C(=O)C2CC=C3C(CC4C(=O)C(c5ccccc5)=CC(=O)C4(c4ccccc4)C3c3ccc(O)c4ccccc34)C2C1=O. The number of benzene rings is 4. The molecule has 4 aromatic carbocycles. The number of likely N-dealkylation sites (tertiary alicyclic amines) is 1. The van der Waals surface area contributed by atoms with Crippen LogP contribution >= 0.6 is 0 Å². The summed E-state index contributed by atoms with van der Waals surface area (Å²) in [5, 5.41) is 12.3. The minimum absolute atomic E-state index is 0.125. The molecule has 4 aliphatic rings. The minimum Gasteiger partial charge on any atom is -0.507 e. The van der Waals surface area contributed by atoms with Crippen LogP contribution in [-0.4, -0.2) is 40.4 Å². The molecule has 6 atom stereocenters. The summed E-state index contributed by atoms with van der Waals surface area (Å²) in [5.41, 5.74) is 2.22. The number of ketones is 2. The van der Waals surface area contributed by atoms with E-state index in [1.165, 1.54) is 18.0 Å². The Bertz CT molecular complexity index is 1990. The molecule has 45 heavy (non-hydrogen) atoms. The minimum atomic E-state index is -1.30. The molecule has 1 saturated heterocycles. The van der Waals surface area contributed by atoms with Crippen LogP contribution in [-0.2, 0) is 24.6 Å². The van der Waals surface area contributed by atoms with Crippen LogP contribution in [0.1, 0.15) is 35.4 Å². The van der Waals surface area contributed by atoms with Gasteiger partial charge in [0.1, 0.15) is 5.75 Å². The molecule has 6 nitrogen and oxygen atoms in total. The summed E-state index contributed by atoms with van der Waals surface area (Å²) in [6.45, 7) is 0. The lowest BCUT2D eigenvalue weighted by Gasteiger charge is -2.55. The van der Waals surface area contributed by atoms with Crippen molar-refractivity contribution >= 4 is 39.7 Å². The third-order valence-electron chi connectivity index (χ3n) is 10.8. The van der Waals surface area contributed by atoms with E-state index < -0.39 is 35.0 Å². The summed E-state index contributed by atoms with van der Waals surface area (Å²) in [4.78, 5) is 58.2. The molecule has 0 bridgehead atoms. The van der Waals surface area contributed by atoms with Gasteiger partial charge in [-0.25, -0.2) is 0 Å². The standard InChI is InChI=1S/C39H31NO5/c1-40-37(44)28-17-16-27-30(34(28)38(40)45)20-31-36(43)29(22-10-4-2-5-11-22)21-33(42)39(31,23-12-6-3-7-13-23)35(27)26-18-19-32(41)25-15-9-8-14-24(25)26/h2-16,18-19,21,28,30-31,34-35,41H,17,20H2,1H3. The molecule has 1 heterocycles. The fraction of sp³-hybridized carbons (Fsp3) is 0.231. The first kappa shape index (κ1) is 27.4. The highest BCUT2D eigenvalue weighted by atomic mass is 16.3. The number of amides is 2. The first-order valence-electron chi connectivity index (χ1n) is 15.5. The Morgan fingerprint density at radius 1 is 0.756 bits per heavy atom. The Balaban J connectivity index is 1.46. The van der Waals surface area contributed by atoms with Crippen molar-refractivity contribution in [2.24, 2.45) is 23.7 Å². The molecule has 222 valence electrons. The smallest absolute Gasteiger partial charge is 0.233 e. The molecule has 0 spiro atoms. The Hall–Kier alpha value is -5.10. The van der Waals surface area contributed by atoms with Gasteiger partial charge in [0.05, 0.1) is 17.3 Å². The fourth-order valence-corrected chi connectivity index (χ4v) is 8.93. The lowest BCUT2D eigenvalue weighted by molar-refractivity contribution is -0.139. The second kappa shape index (κ2) is 9.96. The van der Waals surface area contributed by atoms with Crippen molar-refractivity contribution in [1.29, 1.82) is 0 Å². The summed E-state index contributed by atoms with van der Waals surface area (Å²) < 4.78 is 0. The molecule has 2 fully saturated rings. The highest BCUT2D eigenvalue weighted by Crippen LogP contribution is 2.64. The largest absolute Gasteiger partial charge is 0.507 e. The van der Waals surface area contributed by atoms with Gasteiger partial charge < -0.3 is 5.11 Å². The number of phenolic OH excluding ortho intramolecular Hbond substituents is 1. The number of nitrogens with zero attached hydrogens (tertiary/aromatic N) is 1. The second-order valence-electron chi connectivity index (χ2n) is 12.7. The van der Waals surface area contributed by atoms with E-state index in [1.54, 1.807) is 6.07 Å². The van der Waals surface area contributed by atoms with Crippen LogP contribution < -0.4 is 0 Å². The van der Waals surface area contributed by atoms with E-state index >= 15 is 4.79 Å². The van der Waals surface area contributed by atoms with Crippen LogP contribution in [0.5, 0.6) is 5.75 Å². The van der Waals surface area contributed by atoms with Gasteiger partial charge in [0.25, 0.3) is 0 Å². The monoisotopic (exact) mass is 593 g/mol. The first-order valence-corrected chi connectivity index (χ1v) is 15.5. The zero-order chi connectivity index (χ0) is 31.0. The summed E-state index contributed by atoms with van der Waals surface area (Å²) in [7, 11) is 1.54. The maximum Gasteiger partial charge on any atom is 0.233 e. The Morgan fingerprint density at radius 2 is 1.42 bits per heavy atom. The van der Waals surface area contributed by atoms with Crippen molar-refractivity contribution in [2.45, 2.75) is 24.2 Å². The van der Waals surface area contributed by atoms with Gasteiger partial charge >= 0.3 is 0 Å². The van der Waals surface area contributed by atoms with Crippen LogP contribution in [0.25, 0.3) is 16.3 Å². The molecule has 0 radical (unpaired) electrons. The number of imide groups is 1. The summed E-state index contributed by atoms with van der Waals surface area (Å²) >= 11 is 0. The van der Waals surface area contributed by atoms with Gasteiger partial charge in [0.2, 0.25) is 11.8 Å². The van der Waals surface area contributed by atoms with Crippen molar-refractivity contribution < 1.29 is 24.3 Å². The lowest BCUT2D eigenvalue weighted by Crippen LogP contribution is -2.58. The summed E-state index contributed by atoms with van der Waals surface area (Å²) in [6, 6.07) is 29.9. The van der Waals surface area contributed by atoms with Gasteiger partial charge in [0.15, 0.2) is 11.6 Å². The normalized spacial score (nSPS) is 29.2. The summed E-state index contributed by atoms with van der Waals surface area (Å²) in [5.74, 6) is -3.49. The molecule has 2 amide bonds. The number of carbonyl (C=O) groups is 4. The zero-order valence-electron chi connectivity index (χ0n) is 24.7. The van der Waals surface area contributed by atoms with E-state index in [-0.39, 0.29) is 35.6 Å². The molecule has 4 aromatic rings. The average Bonchev–Trinajstić information content (AvgIpc) is 3.30. The summed E-state index contributed by atoms with van der Waals surface area (Å²) in [6.07, 6.45) is 4.26. The molecule has 6 unspecified atom stereocenters. The van der Waals surface area contributed by atoms with Crippen molar-refractivity contribution in [1.82, 2.24) is 4.90 Å². The highest BCUT2D eigenvalue weighted by Gasteiger charge is 2.65. The number of Topliss-reactive ketones (excluding diaryl/α,β-unsaturated/α-hetero) is 1. The van der Waals surface area contributed by atoms with Gasteiger partial charge in [-0.1, -0.05) is 103 Å². The van der Waals surface area contributed by atoms with Gasteiger partial charge in [-0.3, -0.25) is 24.1 Å². The molecule has 1 saturated carbocycles. The van der Waals surface area contributed by atoms with E-state index in [2.05, 4.69) is 6.08 Å². The van der Waals surface area contributed by atoms with Crippen LogP contribution in [0.15, 0.2) is 115 Å². The van der Waals surface area contributed by atoms with Crippen LogP contribution in [0.2, 0.25) is 0 Å². The number of phenols is 1. The third kappa shape index (κ3) is 3.68. The van der Waals surface area contributed by atoms with Crippen LogP contribution in [0.4, 0.5) is 0 Å². The predicted octanol–water partition coefficient (Wildman–Crippen LogP) is 6.00. The zero-order valence-corrected chi connectivity index (χ0v) is 24.7. The molecule has 8 rings (SSSR count). The number of carbonyl (C=O) groups excluding carboxylic acids is 4. The van der Waals surface area contributed by atoms with Crippen molar-refractivity contribution in [3.63, 3.8) is 0 Å². The van der Waals surface area contributed by atoms with E-state index in [0.717, 1.165) is 22.1 Å². The number of allylic oxidation sites excluding steroid dienone is 4. The van der Waals surface area contributed by atoms with Crippen molar-refractivity contribution in [3.8, 4) is 5.75 Å². The van der Waals surface area contributed by atoms with Crippen molar-refractivity contribution in [3.05, 3.63) is 131 Å². The molecule has 0 aromatic heterocycles. The number of hydrogen-bond acceptors (Lipinski definition) is 5. The van der Waals surface area contributed by atoms with Crippen LogP contribution in [0.3, 0.4) is 0 Å². The Morgan fingerprint density at radius 3 is 2.16 bits per heavy atom. The van der Waals surface area contributed by atoms with Crippen molar-refractivity contribution in [2.75, 3.05) is 7.05 Å². The number of fused-ring (bicyclic) bond motifs is 5. The maximum atomic E-state index is 15.1. The number of rotatable bonds is 3. The topological polar surface area (TPSA) is 91.8 Å². The quantitative estimate of drug-likeness (QED) is 0.232. The average molecular weight is 594 g/mol. The molecule has 1 aliphatic heterocycles. The molecular weight excluding hydrogens is 562 g/mol.